The van der Waals surface area contributed by atoms with E-state index < -0.39 is 0 Å². The molecule has 0 atom stereocenters. The fourth-order valence-corrected chi connectivity index (χ4v) is 3.09. The number of aromatic nitrogens is 2. The highest BCUT2D eigenvalue weighted by Crippen LogP contribution is 2.20. The molecular weight excluding hydrogens is 330 g/mol. The van der Waals surface area contributed by atoms with E-state index in [2.05, 4.69) is 15.3 Å². The summed E-state index contributed by atoms with van der Waals surface area (Å²) in [4.78, 5) is 20.9. The largest absolute Gasteiger partial charge is 0.352 e. The Kier molecular flexibility index (Phi) is 5.00. The van der Waals surface area contributed by atoms with Crippen molar-refractivity contribution >= 4 is 28.8 Å². The third kappa shape index (κ3) is 3.94. The molecule has 1 amide bonds. The van der Waals surface area contributed by atoms with Crippen molar-refractivity contribution < 1.29 is 4.79 Å². The van der Waals surface area contributed by atoms with Crippen LogP contribution < -0.4 is 5.32 Å². The van der Waals surface area contributed by atoms with Crippen molar-refractivity contribution in [1.82, 2.24) is 15.3 Å². The SMILES string of the molecule is O=C(NCCc1nc(-c2ccccn2)cs1)c1ccccc1Cl. The minimum absolute atomic E-state index is 0.169. The molecular formula is C17H14ClN3OS. The molecule has 116 valence electrons. The van der Waals surface area contributed by atoms with E-state index in [0.29, 0.717) is 23.6 Å². The van der Waals surface area contributed by atoms with Gasteiger partial charge in [-0.15, -0.1) is 11.3 Å². The van der Waals surface area contributed by atoms with Crippen LogP contribution in [0.1, 0.15) is 15.4 Å². The number of carbonyl (C=O) groups excluding carboxylic acids is 1. The van der Waals surface area contributed by atoms with Gasteiger partial charge in [0, 0.05) is 24.5 Å². The molecule has 3 rings (SSSR count). The summed E-state index contributed by atoms with van der Waals surface area (Å²) >= 11 is 7.57. The summed E-state index contributed by atoms with van der Waals surface area (Å²) in [6.45, 7) is 0.513. The second-order valence-electron chi connectivity index (χ2n) is 4.83. The predicted octanol–water partition coefficient (Wildman–Crippen LogP) is 3.83. The molecule has 0 bridgehead atoms. The molecule has 0 fully saturated rings. The molecule has 0 unspecified atom stereocenters. The zero-order chi connectivity index (χ0) is 16.1. The smallest absolute Gasteiger partial charge is 0.252 e. The predicted molar refractivity (Wildman–Crippen MR) is 92.8 cm³/mol. The van der Waals surface area contributed by atoms with Gasteiger partial charge in [0.25, 0.3) is 5.91 Å². The maximum Gasteiger partial charge on any atom is 0.252 e. The van der Waals surface area contributed by atoms with E-state index in [0.717, 1.165) is 16.4 Å². The van der Waals surface area contributed by atoms with Crippen LogP contribution >= 0.6 is 22.9 Å². The van der Waals surface area contributed by atoms with E-state index in [-0.39, 0.29) is 5.91 Å². The number of nitrogens with one attached hydrogen (secondary N) is 1. The van der Waals surface area contributed by atoms with E-state index in [1.165, 1.54) is 0 Å². The molecule has 0 radical (unpaired) electrons. The summed E-state index contributed by atoms with van der Waals surface area (Å²) in [5.74, 6) is -0.169. The number of amides is 1. The Bertz CT molecular complexity index is 804. The highest BCUT2D eigenvalue weighted by molar-refractivity contribution is 7.09. The first-order chi connectivity index (χ1) is 11.2. The van der Waals surface area contributed by atoms with Crippen molar-refractivity contribution in [3.05, 3.63) is 69.6 Å². The number of rotatable bonds is 5. The van der Waals surface area contributed by atoms with Crippen molar-refractivity contribution in [3.8, 4) is 11.4 Å². The minimum atomic E-state index is -0.169. The van der Waals surface area contributed by atoms with Crippen LogP contribution in [-0.4, -0.2) is 22.4 Å². The summed E-state index contributed by atoms with van der Waals surface area (Å²) in [5.41, 5.74) is 2.21. The molecule has 1 aromatic carbocycles. The Morgan fingerprint density at radius 3 is 2.74 bits per heavy atom. The fourth-order valence-electron chi connectivity index (χ4n) is 2.08. The number of nitrogens with zero attached hydrogens (tertiary/aromatic N) is 2. The molecule has 2 aromatic heterocycles. The average molecular weight is 344 g/mol. The lowest BCUT2D eigenvalue weighted by atomic mass is 10.2. The number of thiazole rings is 1. The molecule has 3 aromatic rings. The Morgan fingerprint density at radius 1 is 1.13 bits per heavy atom. The average Bonchev–Trinajstić information content (AvgIpc) is 3.05. The fraction of sp³-hybridized carbons (Fsp3) is 0.118. The zero-order valence-electron chi connectivity index (χ0n) is 12.2. The van der Waals surface area contributed by atoms with E-state index >= 15 is 0 Å². The topological polar surface area (TPSA) is 54.9 Å². The molecule has 0 aliphatic carbocycles. The first-order valence-electron chi connectivity index (χ1n) is 7.12. The first kappa shape index (κ1) is 15.6. The van der Waals surface area contributed by atoms with Crippen molar-refractivity contribution in [2.24, 2.45) is 0 Å². The third-order valence-electron chi connectivity index (χ3n) is 3.22. The van der Waals surface area contributed by atoms with E-state index in [1.807, 2.05) is 23.6 Å². The number of benzene rings is 1. The summed E-state index contributed by atoms with van der Waals surface area (Å²) in [6, 6.07) is 12.7. The van der Waals surface area contributed by atoms with Crippen molar-refractivity contribution in [3.63, 3.8) is 0 Å². The standard InChI is InChI=1S/C17H14ClN3OS/c18-13-6-2-1-5-12(13)17(22)20-10-8-16-21-15(11-23-16)14-7-3-4-9-19-14/h1-7,9,11H,8,10H2,(H,20,22). The number of pyridine rings is 1. The first-order valence-corrected chi connectivity index (χ1v) is 8.38. The highest BCUT2D eigenvalue weighted by atomic mass is 35.5. The van der Waals surface area contributed by atoms with Crippen LogP contribution in [0.2, 0.25) is 5.02 Å². The van der Waals surface area contributed by atoms with E-state index in [4.69, 9.17) is 11.6 Å². The normalized spacial score (nSPS) is 10.5. The summed E-state index contributed by atoms with van der Waals surface area (Å²) in [7, 11) is 0. The maximum absolute atomic E-state index is 12.1. The summed E-state index contributed by atoms with van der Waals surface area (Å²) in [6.07, 6.45) is 2.42. The van der Waals surface area contributed by atoms with Crippen LogP contribution in [0, 0.1) is 0 Å². The third-order valence-corrected chi connectivity index (χ3v) is 4.46. The van der Waals surface area contributed by atoms with Gasteiger partial charge in [-0.1, -0.05) is 29.8 Å². The lowest BCUT2D eigenvalue weighted by molar-refractivity contribution is 0.0954. The van der Waals surface area contributed by atoms with Crippen LogP contribution in [0.4, 0.5) is 0 Å². The lowest BCUT2D eigenvalue weighted by Crippen LogP contribution is -2.25. The Labute approximate surface area is 143 Å². The quantitative estimate of drug-likeness (QED) is 0.766. The molecule has 2 heterocycles. The Hall–Kier alpha value is -2.24. The van der Waals surface area contributed by atoms with Gasteiger partial charge in [-0.2, -0.15) is 0 Å². The highest BCUT2D eigenvalue weighted by Gasteiger charge is 2.10. The van der Waals surface area contributed by atoms with Gasteiger partial charge < -0.3 is 5.32 Å². The van der Waals surface area contributed by atoms with Gasteiger partial charge in [0.15, 0.2) is 0 Å². The second-order valence-corrected chi connectivity index (χ2v) is 6.18. The molecule has 0 aliphatic heterocycles. The van der Waals surface area contributed by atoms with E-state index in [1.54, 1.807) is 41.8 Å². The van der Waals surface area contributed by atoms with Crippen molar-refractivity contribution in [1.29, 1.82) is 0 Å². The van der Waals surface area contributed by atoms with Crippen LogP contribution in [0.3, 0.4) is 0 Å². The molecule has 1 N–H and O–H groups in total. The lowest BCUT2D eigenvalue weighted by Gasteiger charge is -2.05. The van der Waals surface area contributed by atoms with Crippen LogP contribution in [-0.2, 0) is 6.42 Å². The second kappa shape index (κ2) is 7.35. The van der Waals surface area contributed by atoms with Crippen LogP contribution in [0.25, 0.3) is 11.4 Å². The van der Waals surface area contributed by atoms with Crippen LogP contribution in [0.15, 0.2) is 54.0 Å². The monoisotopic (exact) mass is 343 g/mol. The molecule has 6 heteroatoms. The van der Waals surface area contributed by atoms with Gasteiger partial charge in [-0.25, -0.2) is 4.98 Å². The van der Waals surface area contributed by atoms with Gasteiger partial charge in [0.2, 0.25) is 0 Å². The minimum Gasteiger partial charge on any atom is -0.352 e. The number of carbonyl (C=O) groups is 1. The number of halogens is 1. The molecule has 4 nitrogen and oxygen atoms in total. The number of hydrogen-bond donors (Lipinski definition) is 1. The van der Waals surface area contributed by atoms with Gasteiger partial charge in [0.1, 0.15) is 0 Å². The van der Waals surface area contributed by atoms with Crippen molar-refractivity contribution in [2.45, 2.75) is 6.42 Å². The molecule has 0 saturated heterocycles. The molecule has 0 saturated carbocycles. The van der Waals surface area contributed by atoms with Gasteiger partial charge in [-0.05, 0) is 24.3 Å². The van der Waals surface area contributed by atoms with Crippen molar-refractivity contribution in [2.75, 3.05) is 6.54 Å². The maximum atomic E-state index is 12.1. The molecule has 0 spiro atoms. The van der Waals surface area contributed by atoms with Gasteiger partial charge in [-0.3, -0.25) is 9.78 Å². The van der Waals surface area contributed by atoms with Gasteiger partial charge >= 0.3 is 0 Å². The molecule has 23 heavy (non-hydrogen) atoms. The number of hydrogen-bond acceptors (Lipinski definition) is 4. The molecule has 0 aliphatic rings. The van der Waals surface area contributed by atoms with Crippen LogP contribution in [0.5, 0.6) is 0 Å². The summed E-state index contributed by atoms with van der Waals surface area (Å²) < 4.78 is 0. The van der Waals surface area contributed by atoms with E-state index in [9.17, 15) is 4.79 Å². The Morgan fingerprint density at radius 2 is 1.96 bits per heavy atom. The summed E-state index contributed by atoms with van der Waals surface area (Å²) in [5, 5.41) is 6.26. The van der Waals surface area contributed by atoms with Gasteiger partial charge in [0.05, 0.1) is 27.0 Å². The Balaban J connectivity index is 1.56. The zero-order valence-corrected chi connectivity index (χ0v) is 13.8.